The Labute approximate surface area is 98.5 Å². The van der Waals surface area contributed by atoms with Crippen LogP contribution in [0.4, 0.5) is 0 Å². The molecule has 15 heavy (non-hydrogen) atoms. The minimum absolute atomic E-state index is 0.572. The van der Waals surface area contributed by atoms with Crippen molar-refractivity contribution in [2.24, 2.45) is 5.92 Å². The molecule has 0 spiro atoms. The molecule has 0 amide bonds. The minimum Gasteiger partial charge on any atom is -0.380 e. The van der Waals surface area contributed by atoms with E-state index >= 15 is 0 Å². The summed E-state index contributed by atoms with van der Waals surface area (Å²) in [6, 6.07) is 0.572. The van der Waals surface area contributed by atoms with Gasteiger partial charge in [0.25, 0.3) is 0 Å². The Morgan fingerprint density at radius 2 is 2.07 bits per heavy atom. The molecule has 1 saturated heterocycles. The van der Waals surface area contributed by atoms with E-state index in [2.05, 4.69) is 30.9 Å². The summed E-state index contributed by atoms with van der Waals surface area (Å²) in [5, 5.41) is 3.53. The second-order valence-corrected chi connectivity index (χ2v) is 5.43. The molecular formula is C12H25NOS. The number of likely N-dealkylation sites (N-methyl/N-ethyl adjacent to an activating group) is 1. The van der Waals surface area contributed by atoms with E-state index in [1.165, 1.54) is 30.8 Å². The van der Waals surface area contributed by atoms with Gasteiger partial charge in [-0.05, 0) is 50.2 Å². The molecule has 1 fully saturated rings. The summed E-state index contributed by atoms with van der Waals surface area (Å²) in [7, 11) is 0. The van der Waals surface area contributed by atoms with Crippen molar-refractivity contribution >= 4 is 11.8 Å². The fraction of sp³-hybridized carbons (Fsp3) is 1.00. The van der Waals surface area contributed by atoms with Gasteiger partial charge in [-0.15, -0.1) is 0 Å². The van der Waals surface area contributed by atoms with E-state index in [0.717, 1.165) is 25.7 Å². The van der Waals surface area contributed by atoms with Crippen LogP contribution in [0.2, 0.25) is 0 Å². The van der Waals surface area contributed by atoms with Crippen molar-refractivity contribution < 1.29 is 4.74 Å². The highest BCUT2D eigenvalue weighted by atomic mass is 32.2. The van der Waals surface area contributed by atoms with E-state index < -0.39 is 0 Å². The number of rotatable bonds is 7. The van der Waals surface area contributed by atoms with E-state index in [4.69, 9.17) is 4.74 Å². The number of hydrogen-bond donors (Lipinski definition) is 1. The SMILES string of the molecule is CCNC(COCC)CC1CCSCC1. The maximum absolute atomic E-state index is 5.52. The molecule has 1 rings (SSSR count). The van der Waals surface area contributed by atoms with Crippen LogP contribution >= 0.6 is 11.8 Å². The van der Waals surface area contributed by atoms with Crippen molar-refractivity contribution in [1.82, 2.24) is 5.32 Å². The molecule has 0 aliphatic carbocycles. The van der Waals surface area contributed by atoms with Crippen LogP contribution < -0.4 is 5.32 Å². The molecule has 1 aliphatic rings. The van der Waals surface area contributed by atoms with Crippen LogP contribution in [0, 0.1) is 5.92 Å². The summed E-state index contributed by atoms with van der Waals surface area (Å²) < 4.78 is 5.52. The minimum atomic E-state index is 0.572. The third kappa shape index (κ3) is 5.79. The Morgan fingerprint density at radius 1 is 1.33 bits per heavy atom. The quantitative estimate of drug-likeness (QED) is 0.727. The largest absolute Gasteiger partial charge is 0.380 e. The number of ether oxygens (including phenoxy) is 1. The maximum atomic E-state index is 5.52. The van der Waals surface area contributed by atoms with Crippen LogP contribution in [0.3, 0.4) is 0 Å². The van der Waals surface area contributed by atoms with Crippen molar-refractivity contribution in [3.05, 3.63) is 0 Å². The van der Waals surface area contributed by atoms with Crippen LogP contribution in [0.15, 0.2) is 0 Å². The maximum Gasteiger partial charge on any atom is 0.0619 e. The monoisotopic (exact) mass is 231 g/mol. The summed E-state index contributed by atoms with van der Waals surface area (Å²) >= 11 is 2.11. The van der Waals surface area contributed by atoms with Crippen LogP contribution in [0.5, 0.6) is 0 Å². The summed E-state index contributed by atoms with van der Waals surface area (Å²) in [6.45, 7) is 7.02. The Kier molecular flexibility index (Phi) is 7.49. The first-order chi connectivity index (χ1) is 7.36. The predicted octanol–water partition coefficient (Wildman–Crippen LogP) is 2.53. The highest BCUT2D eigenvalue weighted by Crippen LogP contribution is 2.26. The molecule has 0 radical (unpaired) electrons. The highest BCUT2D eigenvalue weighted by molar-refractivity contribution is 7.99. The third-order valence-corrected chi connectivity index (χ3v) is 4.02. The second-order valence-electron chi connectivity index (χ2n) is 4.21. The second kappa shape index (κ2) is 8.43. The molecule has 0 aromatic carbocycles. The first-order valence-corrected chi connectivity index (χ1v) is 7.41. The van der Waals surface area contributed by atoms with Gasteiger partial charge in [-0.3, -0.25) is 0 Å². The Bertz CT molecular complexity index is 149. The zero-order chi connectivity index (χ0) is 10.9. The molecule has 1 heterocycles. The van der Waals surface area contributed by atoms with Crippen molar-refractivity contribution in [2.75, 3.05) is 31.3 Å². The average Bonchev–Trinajstić information content (AvgIpc) is 2.28. The summed E-state index contributed by atoms with van der Waals surface area (Å²) in [4.78, 5) is 0. The van der Waals surface area contributed by atoms with Gasteiger partial charge in [0.05, 0.1) is 6.61 Å². The first kappa shape index (κ1) is 13.3. The van der Waals surface area contributed by atoms with Crippen molar-refractivity contribution in [2.45, 2.75) is 39.2 Å². The van der Waals surface area contributed by atoms with Gasteiger partial charge in [0.15, 0.2) is 0 Å². The standard InChI is InChI=1S/C12H25NOS/c1-3-13-12(10-14-4-2)9-11-5-7-15-8-6-11/h11-13H,3-10H2,1-2H3. The zero-order valence-electron chi connectivity index (χ0n) is 10.1. The summed E-state index contributed by atoms with van der Waals surface area (Å²) in [6.07, 6.45) is 4.10. The van der Waals surface area contributed by atoms with Gasteiger partial charge in [0, 0.05) is 12.6 Å². The molecule has 0 bridgehead atoms. The van der Waals surface area contributed by atoms with Crippen molar-refractivity contribution in [3.63, 3.8) is 0 Å². The third-order valence-electron chi connectivity index (χ3n) is 2.97. The highest BCUT2D eigenvalue weighted by Gasteiger charge is 2.18. The van der Waals surface area contributed by atoms with Gasteiger partial charge < -0.3 is 10.1 Å². The molecule has 0 aromatic heterocycles. The fourth-order valence-electron chi connectivity index (χ4n) is 2.14. The summed E-state index contributed by atoms with van der Waals surface area (Å²) in [5.74, 6) is 3.65. The van der Waals surface area contributed by atoms with Crippen LogP contribution in [-0.4, -0.2) is 37.3 Å². The molecule has 0 saturated carbocycles. The molecular weight excluding hydrogens is 206 g/mol. The number of nitrogens with one attached hydrogen (secondary N) is 1. The lowest BCUT2D eigenvalue weighted by atomic mass is 9.94. The lowest BCUT2D eigenvalue weighted by Gasteiger charge is -2.26. The Balaban J connectivity index is 2.21. The summed E-state index contributed by atoms with van der Waals surface area (Å²) in [5.41, 5.74) is 0. The van der Waals surface area contributed by atoms with E-state index in [-0.39, 0.29) is 0 Å². The first-order valence-electron chi connectivity index (χ1n) is 6.25. The molecule has 3 heteroatoms. The van der Waals surface area contributed by atoms with E-state index in [9.17, 15) is 0 Å². The van der Waals surface area contributed by atoms with Gasteiger partial charge in [-0.1, -0.05) is 6.92 Å². The van der Waals surface area contributed by atoms with Gasteiger partial charge in [-0.2, -0.15) is 11.8 Å². The molecule has 1 N–H and O–H groups in total. The Hall–Kier alpha value is 0.270. The number of hydrogen-bond acceptors (Lipinski definition) is 3. The van der Waals surface area contributed by atoms with Gasteiger partial charge >= 0.3 is 0 Å². The molecule has 1 atom stereocenters. The predicted molar refractivity (Wildman–Crippen MR) is 68.6 cm³/mol. The smallest absolute Gasteiger partial charge is 0.0619 e. The van der Waals surface area contributed by atoms with Gasteiger partial charge in [0.1, 0.15) is 0 Å². The van der Waals surface area contributed by atoms with Gasteiger partial charge in [-0.25, -0.2) is 0 Å². The van der Waals surface area contributed by atoms with Gasteiger partial charge in [0.2, 0.25) is 0 Å². The molecule has 2 nitrogen and oxygen atoms in total. The fourth-order valence-corrected chi connectivity index (χ4v) is 3.35. The molecule has 1 aliphatic heterocycles. The lowest BCUT2D eigenvalue weighted by molar-refractivity contribution is 0.114. The number of thioether (sulfide) groups is 1. The van der Waals surface area contributed by atoms with Crippen molar-refractivity contribution in [1.29, 1.82) is 0 Å². The average molecular weight is 231 g/mol. The van der Waals surface area contributed by atoms with Crippen LogP contribution in [-0.2, 0) is 4.74 Å². The lowest BCUT2D eigenvalue weighted by Crippen LogP contribution is -2.36. The van der Waals surface area contributed by atoms with E-state index in [1.54, 1.807) is 0 Å². The Morgan fingerprint density at radius 3 is 2.67 bits per heavy atom. The van der Waals surface area contributed by atoms with Crippen LogP contribution in [0.1, 0.15) is 33.1 Å². The van der Waals surface area contributed by atoms with Crippen molar-refractivity contribution in [3.8, 4) is 0 Å². The molecule has 1 unspecified atom stereocenters. The van der Waals surface area contributed by atoms with E-state index in [1.807, 2.05) is 0 Å². The topological polar surface area (TPSA) is 21.3 Å². The molecule has 90 valence electrons. The van der Waals surface area contributed by atoms with Crippen LogP contribution in [0.25, 0.3) is 0 Å². The molecule has 0 aromatic rings. The normalized spacial score (nSPS) is 20.4. The van der Waals surface area contributed by atoms with E-state index in [0.29, 0.717) is 6.04 Å². The zero-order valence-corrected chi connectivity index (χ0v) is 10.9.